The van der Waals surface area contributed by atoms with Crippen LogP contribution in [0.5, 0.6) is 0 Å². The molecule has 64 valence electrons. The Kier molecular flexibility index (Phi) is 2.80. The predicted molar refractivity (Wildman–Crippen MR) is 44.3 cm³/mol. The summed E-state index contributed by atoms with van der Waals surface area (Å²) < 4.78 is 5.03. The molecule has 0 aromatic carbocycles. The third-order valence-electron chi connectivity index (χ3n) is 2.09. The highest BCUT2D eigenvalue weighted by Gasteiger charge is 2.28. The van der Waals surface area contributed by atoms with Gasteiger partial charge in [0.15, 0.2) is 0 Å². The second-order valence-electron chi connectivity index (χ2n) is 2.95. The number of aliphatic hydroxyl groups excluding tert-OH is 1. The molecule has 1 N–H and O–H groups in total. The van der Waals surface area contributed by atoms with Gasteiger partial charge in [-0.05, 0) is 19.3 Å². The first-order valence-corrected chi connectivity index (χ1v) is 4.38. The van der Waals surface area contributed by atoms with Crippen molar-refractivity contribution in [3.05, 3.63) is 11.5 Å². The largest absolute Gasteiger partial charge is 0.481 e. The number of ether oxygens (including phenoxy) is 1. The molecule has 0 aromatic rings. The molecule has 0 fully saturated rings. The molecule has 1 aliphatic rings. The van der Waals surface area contributed by atoms with Crippen LogP contribution in [0.4, 0.5) is 0 Å². The van der Waals surface area contributed by atoms with Gasteiger partial charge in [-0.2, -0.15) is 0 Å². The smallest absolute Gasteiger partial charge is 0.280 e. The van der Waals surface area contributed by atoms with E-state index in [4.69, 9.17) is 9.84 Å². The highest BCUT2D eigenvalue weighted by molar-refractivity contribution is 5.17. The van der Waals surface area contributed by atoms with Gasteiger partial charge >= 0.3 is 0 Å². The van der Waals surface area contributed by atoms with E-state index in [1.807, 2.05) is 0 Å². The molecule has 0 spiro atoms. The SMILES string of the molecule is CCCCC1=C(O)OC1CC. The molecule has 1 atom stereocenters. The molecule has 1 aliphatic heterocycles. The van der Waals surface area contributed by atoms with Crippen LogP contribution in [0, 0.1) is 0 Å². The molecule has 1 rings (SSSR count). The zero-order valence-electron chi connectivity index (χ0n) is 7.26. The van der Waals surface area contributed by atoms with Crippen LogP contribution in [0.2, 0.25) is 0 Å². The second kappa shape index (κ2) is 3.65. The monoisotopic (exact) mass is 156 g/mol. The normalized spacial score (nSPS) is 22.9. The van der Waals surface area contributed by atoms with E-state index in [9.17, 15) is 0 Å². The Morgan fingerprint density at radius 1 is 1.45 bits per heavy atom. The first kappa shape index (κ1) is 8.44. The van der Waals surface area contributed by atoms with Gasteiger partial charge < -0.3 is 9.84 Å². The Bertz CT molecular complexity index is 161. The van der Waals surface area contributed by atoms with E-state index < -0.39 is 0 Å². The van der Waals surface area contributed by atoms with Crippen molar-refractivity contribution in [2.75, 3.05) is 0 Å². The van der Waals surface area contributed by atoms with Gasteiger partial charge in [-0.25, -0.2) is 0 Å². The molecule has 0 saturated heterocycles. The Labute approximate surface area is 67.9 Å². The molecule has 11 heavy (non-hydrogen) atoms. The Morgan fingerprint density at radius 2 is 2.18 bits per heavy atom. The highest BCUT2D eigenvalue weighted by Crippen LogP contribution is 2.30. The van der Waals surface area contributed by atoms with Crippen molar-refractivity contribution in [2.24, 2.45) is 0 Å². The molecule has 0 amide bonds. The molecule has 0 saturated carbocycles. The second-order valence-corrected chi connectivity index (χ2v) is 2.95. The molecule has 1 heterocycles. The first-order chi connectivity index (χ1) is 5.29. The number of rotatable bonds is 4. The van der Waals surface area contributed by atoms with Crippen LogP contribution in [0.15, 0.2) is 11.5 Å². The lowest BCUT2D eigenvalue weighted by molar-refractivity contribution is -0.0134. The number of unbranched alkanes of at least 4 members (excludes halogenated alkanes) is 1. The van der Waals surface area contributed by atoms with Crippen molar-refractivity contribution < 1.29 is 9.84 Å². The van der Waals surface area contributed by atoms with Gasteiger partial charge in [0, 0.05) is 0 Å². The molecular weight excluding hydrogens is 140 g/mol. The molecule has 0 bridgehead atoms. The third-order valence-corrected chi connectivity index (χ3v) is 2.09. The van der Waals surface area contributed by atoms with Crippen LogP contribution >= 0.6 is 0 Å². The summed E-state index contributed by atoms with van der Waals surface area (Å²) in [6.07, 6.45) is 4.51. The van der Waals surface area contributed by atoms with Crippen molar-refractivity contribution in [3.63, 3.8) is 0 Å². The number of hydrogen-bond acceptors (Lipinski definition) is 2. The fraction of sp³-hybridized carbons (Fsp3) is 0.778. The topological polar surface area (TPSA) is 29.5 Å². The van der Waals surface area contributed by atoms with Gasteiger partial charge in [0.1, 0.15) is 6.10 Å². The van der Waals surface area contributed by atoms with E-state index in [-0.39, 0.29) is 12.0 Å². The van der Waals surface area contributed by atoms with Gasteiger partial charge in [0.2, 0.25) is 0 Å². The molecule has 0 radical (unpaired) electrons. The van der Waals surface area contributed by atoms with Crippen LogP contribution in [0.3, 0.4) is 0 Å². The lowest BCUT2D eigenvalue weighted by Gasteiger charge is -2.29. The van der Waals surface area contributed by atoms with E-state index in [1.165, 1.54) is 6.42 Å². The lowest BCUT2D eigenvalue weighted by atomic mass is 9.99. The summed E-state index contributed by atoms with van der Waals surface area (Å²) >= 11 is 0. The summed E-state index contributed by atoms with van der Waals surface area (Å²) in [5.41, 5.74) is 1.12. The zero-order chi connectivity index (χ0) is 8.27. The van der Waals surface area contributed by atoms with Gasteiger partial charge in [0.25, 0.3) is 5.95 Å². The van der Waals surface area contributed by atoms with Crippen molar-refractivity contribution in [1.82, 2.24) is 0 Å². The lowest BCUT2D eigenvalue weighted by Crippen LogP contribution is -2.26. The minimum absolute atomic E-state index is 0.185. The van der Waals surface area contributed by atoms with E-state index in [1.54, 1.807) is 0 Å². The average molecular weight is 156 g/mol. The summed E-state index contributed by atoms with van der Waals surface area (Å²) in [5, 5.41) is 9.09. The summed E-state index contributed by atoms with van der Waals surface area (Å²) in [6.45, 7) is 4.22. The van der Waals surface area contributed by atoms with Gasteiger partial charge in [-0.3, -0.25) is 0 Å². The van der Waals surface area contributed by atoms with Gasteiger partial charge in [0.05, 0.1) is 5.57 Å². The van der Waals surface area contributed by atoms with Crippen LogP contribution in [0.25, 0.3) is 0 Å². The third kappa shape index (κ3) is 1.67. The minimum atomic E-state index is 0.185. The molecule has 1 unspecified atom stereocenters. The summed E-state index contributed by atoms with van der Waals surface area (Å²) in [5.74, 6) is 0.185. The maximum atomic E-state index is 9.09. The van der Waals surface area contributed by atoms with E-state index in [0.29, 0.717) is 0 Å². The van der Waals surface area contributed by atoms with Crippen LogP contribution in [0.1, 0.15) is 39.5 Å². The van der Waals surface area contributed by atoms with E-state index in [2.05, 4.69) is 13.8 Å². The molecule has 0 aromatic heterocycles. The predicted octanol–water partition coefficient (Wildman–Crippen LogP) is 2.76. The quantitative estimate of drug-likeness (QED) is 0.678. The average Bonchev–Trinajstić information content (AvgIpc) is 2.00. The van der Waals surface area contributed by atoms with Crippen molar-refractivity contribution in [2.45, 2.75) is 45.6 Å². The maximum absolute atomic E-state index is 9.09. The van der Waals surface area contributed by atoms with E-state index in [0.717, 1.165) is 24.8 Å². The van der Waals surface area contributed by atoms with Crippen molar-refractivity contribution in [3.8, 4) is 0 Å². The Morgan fingerprint density at radius 3 is 2.64 bits per heavy atom. The Hall–Kier alpha value is -0.660. The number of hydrogen-bond donors (Lipinski definition) is 1. The van der Waals surface area contributed by atoms with Crippen LogP contribution < -0.4 is 0 Å². The molecule has 2 nitrogen and oxygen atoms in total. The zero-order valence-corrected chi connectivity index (χ0v) is 7.26. The summed E-state index contributed by atoms with van der Waals surface area (Å²) in [7, 11) is 0. The fourth-order valence-electron chi connectivity index (χ4n) is 1.33. The minimum Gasteiger partial charge on any atom is -0.481 e. The summed E-state index contributed by atoms with van der Waals surface area (Å²) in [6, 6.07) is 0. The van der Waals surface area contributed by atoms with Crippen molar-refractivity contribution >= 4 is 0 Å². The molecule has 0 aliphatic carbocycles. The summed E-state index contributed by atoms with van der Waals surface area (Å²) in [4.78, 5) is 0. The van der Waals surface area contributed by atoms with Crippen molar-refractivity contribution in [1.29, 1.82) is 0 Å². The standard InChI is InChI=1S/C9H16O2/c1-3-5-6-7-8(4-2)11-9(7)10/h8,10H,3-6H2,1-2H3. The fourth-order valence-corrected chi connectivity index (χ4v) is 1.33. The highest BCUT2D eigenvalue weighted by atomic mass is 16.6. The number of aliphatic hydroxyl groups is 1. The first-order valence-electron chi connectivity index (χ1n) is 4.38. The van der Waals surface area contributed by atoms with Gasteiger partial charge in [-0.1, -0.05) is 20.3 Å². The molecular formula is C9H16O2. The Balaban J connectivity index is 2.36. The van der Waals surface area contributed by atoms with Gasteiger partial charge in [-0.15, -0.1) is 0 Å². The van der Waals surface area contributed by atoms with E-state index >= 15 is 0 Å². The van der Waals surface area contributed by atoms with Crippen LogP contribution in [-0.2, 0) is 4.74 Å². The maximum Gasteiger partial charge on any atom is 0.280 e. The molecule has 2 heteroatoms. The van der Waals surface area contributed by atoms with Crippen LogP contribution in [-0.4, -0.2) is 11.2 Å².